The molecule has 2 aromatic rings. The van der Waals surface area contributed by atoms with Crippen molar-refractivity contribution in [2.45, 2.75) is 31.1 Å². The van der Waals surface area contributed by atoms with Crippen LogP contribution in [0.15, 0.2) is 39.7 Å². The number of aliphatic imine (C=N–C) groups is 1. The number of hydrogen-bond acceptors (Lipinski definition) is 4. The molecule has 0 atom stereocenters. The lowest BCUT2D eigenvalue weighted by Gasteiger charge is -2.34. The molecule has 0 spiro atoms. The highest BCUT2D eigenvalue weighted by atomic mass is 127. The van der Waals surface area contributed by atoms with Gasteiger partial charge in [-0.05, 0) is 38.2 Å². The first-order valence-corrected chi connectivity index (χ1v) is 10.5. The van der Waals surface area contributed by atoms with E-state index >= 15 is 0 Å². The van der Waals surface area contributed by atoms with Crippen molar-refractivity contribution in [1.82, 2.24) is 10.2 Å². The molecular formula is C20H30IN3O2S. The molecule has 0 saturated carbocycles. The Hall–Kier alpha value is -0.930. The van der Waals surface area contributed by atoms with Crippen LogP contribution in [-0.4, -0.2) is 55.2 Å². The van der Waals surface area contributed by atoms with Gasteiger partial charge >= 0.3 is 0 Å². The molecule has 1 aromatic carbocycles. The highest BCUT2D eigenvalue weighted by Gasteiger charge is 2.31. The molecule has 1 fully saturated rings. The molecule has 0 aliphatic carbocycles. The van der Waals surface area contributed by atoms with Crippen molar-refractivity contribution in [2.75, 3.05) is 39.6 Å². The molecule has 0 bridgehead atoms. The maximum Gasteiger partial charge on any atom is 0.194 e. The normalized spacial score (nSPS) is 16.8. The monoisotopic (exact) mass is 503 g/mol. The van der Waals surface area contributed by atoms with Crippen molar-refractivity contribution >= 4 is 52.7 Å². The number of thioether (sulfide) groups is 1. The zero-order chi connectivity index (χ0) is 18.4. The summed E-state index contributed by atoms with van der Waals surface area (Å²) in [4.78, 5) is 7.08. The van der Waals surface area contributed by atoms with Crippen LogP contribution in [0.4, 0.5) is 0 Å². The summed E-state index contributed by atoms with van der Waals surface area (Å²) < 4.78 is 11.7. The Balaban J connectivity index is 0.00000261. The van der Waals surface area contributed by atoms with Crippen LogP contribution in [0.2, 0.25) is 0 Å². The second kappa shape index (κ2) is 10.6. The Kier molecular flexibility index (Phi) is 8.75. The van der Waals surface area contributed by atoms with Crippen LogP contribution in [0.3, 0.4) is 0 Å². The van der Waals surface area contributed by atoms with Gasteiger partial charge in [0.25, 0.3) is 0 Å². The van der Waals surface area contributed by atoms with Crippen LogP contribution in [0.25, 0.3) is 11.0 Å². The molecule has 0 amide bonds. The number of benzene rings is 1. The summed E-state index contributed by atoms with van der Waals surface area (Å²) in [6, 6.07) is 10.2. The number of para-hydroxylation sites is 1. The van der Waals surface area contributed by atoms with Crippen LogP contribution in [0.1, 0.15) is 25.5 Å². The Bertz CT molecular complexity index is 711. The van der Waals surface area contributed by atoms with Crippen LogP contribution in [0, 0.1) is 0 Å². The first-order chi connectivity index (χ1) is 12.7. The van der Waals surface area contributed by atoms with E-state index in [-0.39, 0.29) is 28.7 Å². The van der Waals surface area contributed by atoms with E-state index < -0.39 is 0 Å². The quantitative estimate of drug-likeness (QED) is 0.361. The average Bonchev–Trinajstić information content (AvgIpc) is 3.08. The zero-order valence-corrected chi connectivity index (χ0v) is 19.5. The largest absolute Gasteiger partial charge is 0.459 e. The lowest BCUT2D eigenvalue weighted by molar-refractivity contribution is 0.0793. The SMILES string of the molecule is CCNC(=NCC1(SC)CCOCC1)N(C)Cc1cc2ccccc2o1.I. The van der Waals surface area contributed by atoms with Gasteiger partial charge in [0.2, 0.25) is 0 Å². The Morgan fingerprint density at radius 3 is 2.70 bits per heavy atom. The van der Waals surface area contributed by atoms with E-state index in [1.54, 1.807) is 0 Å². The molecule has 150 valence electrons. The fourth-order valence-corrected chi connectivity index (χ4v) is 4.05. The summed E-state index contributed by atoms with van der Waals surface area (Å²) >= 11 is 1.92. The molecule has 3 rings (SSSR count). The van der Waals surface area contributed by atoms with E-state index in [1.165, 1.54) is 0 Å². The van der Waals surface area contributed by atoms with Crippen molar-refractivity contribution < 1.29 is 9.15 Å². The minimum atomic E-state index is 0. The molecule has 1 aromatic heterocycles. The first-order valence-electron chi connectivity index (χ1n) is 9.25. The predicted molar refractivity (Wildman–Crippen MR) is 125 cm³/mol. The van der Waals surface area contributed by atoms with Gasteiger partial charge in [0.15, 0.2) is 5.96 Å². The smallest absolute Gasteiger partial charge is 0.194 e. The van der Waals surface area contributed by atoms with Crippen LogP contribution >= 0.6 is 35.7 Å². The van der Waals surface area contributed by atoms with E-state index in [9.17, 15) is 0 Å². The second-order valence-electron chi connectivity index (χ2n) is 6.78. The Morgan fingerprint density at radius 1 is 1.30 bits per heavy atom. The summed E-state index contributed by atoms with van der Waals surface area (Å²) in [5, 5.41) is 4.55. The number of halogens is 1. The number of ether oxygens (including phenoxy) is 1. The predicted octanol–water partition coefficient (Wildman–Crippen LogP) is 4.36. The van der Waals surface area contributed by atoms with E-state index in [0.717, 1.165) is 61.8 Å². The summed E-state index contributed by atoms with van der Waals surface area (Å²) in [5.74, 6) is 1.87. The van der Waals surface area contributed by atoms with E-state index in [2.05, 4.69) is 42.6 Å². The first kappa shape index (κ1) is 22.4. The Morgan fingerprint density at radius 2 is 2.04 bits per heavy atom. The summed E-state index contributed by atoms with van der Waals surface area (Å²) in [6.07, 6.45) is 4.31. The molecule has 27 heavy (non-hydrogen) atoms. The summed E-state index contributed by atoms with van der Waals surface area (Å²) in [6.45, 7) is 6.12. The van der Waals surface area contributed by atoms with Gasteiger partial charge in [0.1, 0.15) is 11.3 Å². The Labute approximate surface area is 183 Å². The van der Waals surface area contributed by atoms with Gasteiger partial charge in [-0.15, -0.1) is 24.0 Å². The fourth-order valence-electron chi connectivity index (χ4n) is 3.28. The second-order valence-corrected chi connectivity index (χ2v) is 8.05. The number of fused-ring (bicyclic) bond motifs is 1. The molecule has 0 radical (unpaired) electrons. The fraction of sp³-hybridized carbons (Fsp3) is 0.550. The minimum absolute atomic E-state index is 0. The molecule has 1 N–H and O–H groups in total. The van der Waals surface area contributed by atoms with Crippen LogP contribution in [0.5, 0.6) is 0 Å². The molecule has 7 heteroatoms. The third kappa shape index (κ3) is 5.77. The van der Waals surface area contributed by atoms with E-state index in [0.29, 0.717) is 6.54 Å². The van der Waals surface area contributed by atoms with Gasteiger partial charge in [-0.3, -0.25) is 4.99 Å². The number of hydrogen-bond donors (Lipinski definition) is 1. The molecule has 1 aliphatic rings. The lowest BCUT2D eigenvalue weighted by atomic mass is 9.99. The zero-order valence-electron chi connectivity index (χ0n) is 16.4. The number of nitrogens with zero attached hydrogens (tertiary/aromatic N) is 2. The molecule has 5 nitrogen and oxygen atoms in total. The van der Waals surface area contributed by atoms with Crippen LogP contribution in [-0.2, 0) is 11.3 Å². The maximum absolute atomic E-state index is 5.96. The highest BCUT2D eigenvalue weighted by molar-refractivity contribution is 14.0. The van der Waals surface area contributed by atoms with Gasteiger partial charge in [0.05, 0.1) is 13.1 Å². The third-order valence-electron chi connectivity index (χ3n) is 4.92. The van der Waals surface area contributed by atoms with Crippen molar-refractivity contribution in [2.24, 2.45) is 4.99 Å². The molecule has 2 heterocycles. The standard InChI is InChI=1S/C20H29N3O2S.HI/c1-4-21-19(22-15-20(26-3)9-11-24-12-10-20)23(2)14-17-13-16-7-5-6-8-18(16)25-17;/h5-8,13H,4,9-12,14-15H2,1-3H3,(H,21,22);1H. The number of guanidine groups is 1. The molecule has 0 unspecified atom stereocenters. The van der Waals surface area contributed by atoms with Gasteiger partial charge in [-0.2, -0.15) is 11.8 Å². The topological polar surface area (TPSA) is 50.0 Å². The van der Waals surface area contributed by atoms with Gasteiger partial charge in [0, 0.05) is 36.9 Å². The average molecular weight is 503 g/mol. The van der Waals surface area contributed by atoms with Crippen molar-refractivity contribution in [1.29, 1.82) is 0 Å². The lowest BCUT2D eigenvalue weighted by Crippen LogP contribution is -2.41. The molecule has 1 aliphatic heterocycles. The third-order valence-corrected chi connectivity index (χ3v) is 6.32. The van der Waals surface area contributed by atoms with Crippen molar-refractivity contribution in [3.05, 3.63) is 36.1 Å². The minimum Gasteiger partial charge on any atom is -0.459 e. The summed E-state index contributed by atoms with van der Waals surface area (Å²) in [7, 11) is 2.06. The molecular weight excluding hydrogens is 473 g/mol. The number of furan rings is 1. The van der Waals surface area contributed by atoms with Crippen molar-refractivity contribution in [3.8, 4) is 0 Å². The van der Waals surface area contributed by atoms with Crippen LogP contribution < -0.4 is 5.32 Å². The van der Waals surface area contributed by atoms with Crippen molar-refractivity contribution in [3.63, 3.8) is 0 Å². The van der Waals surface area contributed by atoms with E-state index in [4.69, 9.17) is 14.1 Å². The number of rotatable bonds is 6. The van der Waals surface area contributed by atoms with Gasteiger partial charge in [-0.1, -0.05) is 18.2 Å². The molecule has 1 saturated heterocycles. The summed E-state index contributed by atoms with van der Waals surface area (Å²) in [5.41, 5.74) is 0.932. The van der Waals surface area contributed by atoms with E-state index in [1.807, 2.05) is 30.0 Å². The van der Waals surface area contributed by atoms with Gasteiger partial charge in [-0.25, -0.2) is 0 Å². The highest BCUT2D eigenvalue weighted by Crippen LogP contribution is 2.34. The number of nitrogens with one attached hydrogen (secondary N) is 1. The van der Waals surface area contributed by atoms with Gasteiger partial charge < -0.3 is 19.4 Å². The maximum atomic E-state index is 5.96.